The van der Waals surface area contributed by atoms with Gasteiger partial charge in [0.1, 0.15) is 6.33 Å². The van der Waals surface area contributed by atoms with Crippen molar-refractivity contribution in [2.24, 2.45) is 0 Å². The number of para-hydroxylation sites is 1. The zero-order chi connectivity index (χ0) is 12.0. The lowest BCUT2D eigenvalue weighted by atomic mass is 10.1. The molecule has 4 nitrogen and oxygen atoms in total. The number of benzene rings is 1. The molecule has 17 heavy (non-hydrogen) atoms. The molecule has 2 heterocycles. The molecule has 1 aromatic heterocycles. The molecule has 1 amide bonds. The number of carbonyl (C=O) groups is 1. The molecule has 0 fully saturated rings. The number of imidazole rings is 1. The van der Waals surface area contributed by atoms with Gasteiger partial charge in [0, 0.05) is 7.05 Å². The Bertz CT molecular complexity index is 606. The van der Waals surface area contributed by atoms with Crippen molar-refractivity contribution in [1.82, 2.24) is 14.5 Å². The Morgan fingerprint density at radius 3 is 2.94 bits per heavy atom. The standard InChI is InChI=1S/C12H10FN3O/c1-15-6-10-11(13)14-7-16(10)9-5-3-2-4-8(9)12(15)17/h2-5,7H,6H2,1H3. The fraction of sp³-hybridized carbons (Fsp3) is 0.167. The van der Waals surface area contributed by atoms with E-state index in [9.17, 15) is 9.18 Å². The number of hydrogen-bond donors (Lipinski definition) is 0. The van der Waals surface area contributed by atoms with Crippen molar-refractivity contribution in [2.45, 2.75) is 6.54 Å². The summed E-state index contributed by atoms with van der Waals surface area (Å²) in [6.07, 6.45) is 1.41. The Morgan fingerprint density at radius 2 is 2.12 bits per heavy atom. The molecule has 0 bridgehead atoms. The number of carbonyl (C=O) groups excluding carboxylic acids is 1. The third-order valence-corrected chi connectivity index (χ3v) is 2.94. The lowest BCUT2D eigenvalue weighted by Gasteiger charge is -2.13. The monoisotopic (exact) mass is 231 g/mol. The normalized spacial score (nSPS) is 14.2. The van der Waals surface area contributed by atoms with Crippen molar-refractivity contribution in [3.63, 3.8) is 0 Å². The van der Waals surface area contributed by atoms with E-state index in [1.54, 1.807) is 29.8 Å². The predicted molar refractivity (Wildman–Crippen MR) is 59.3 cm³/mol. The quantitative estimate of drug-likeness (QED) is 0.690. The first kappa shape index (κ1) is 10.0. The van der Waals surface area contributed by atoms with Gasteiger partial charge in [0.2, 0.25) is 5.95 Å². The lowest BCUT2D eigenvalue weighted by molar-refractivity contribution is 0.0786. The third kappa shape index (κ3) is 1.35. The highest BCUT2D eigenvalue weighted by molar-refractivity contribution is 5.98. The molecule has 1 aromatic carbocycles. The fourth-order valence-electron chi connectivity index (χ4n) is 2.07. The van der Waals surface area contributed by atoms with Crippen molar-refractivity contribution in [1.29, 1.82) is 0 Å². The van der Waals surface area contributed by atoms with Gasteiger partial charge in [-0.3, -0.25) is 9.36 Å². The molecular weight excluding hydrogens is 221 g/mol. The highest BCUT2D eigenvalue weighted by Crippen LogP contribution is 2.24. The summed E-state index contributed by atoms with van der Waals surface area (Å²) in [5.41, 5.74) is 1.64. The Kier molecular flexibility index (Phi) is 2.01. The van der Waals surface area contributed by atoms with Crippen LogP contribution in [0.5, 0.6) is 0 Å². The first-order valence-corrected chi connectivity index (χ1v) is 5.25. The molecule has 0 unspecified atom stereocenters. The summed E-state index contributed by atoms with van der Waals surface area (Å²) in [6, 6.07) is 7.14. The average Bonchev–Trinajstić information content (AvgIpc) is 2.65. The van der Waals surface area contributed by atoms with Crippen LogP contribution in [-0.4, -0.2) is 27.4 Å². The molecule has 5 heteroatoms. The molecular formula is C12H10FN3O. The van der Waals surface area contributed by atoms with Gasteiger partial charge in [-0.15, -0.1) is 0 Å². The zero-order valence-corrected chi connectivity index (χ0v) is 9.22. The molecule has 1 aliphatic rings. The van der Waals surface area contributed by atoms with Crippen molar-refractivity contribution in [3.05, 3.63) is 47.8 Å². The molecule has 0 saturated heterocycles. The molecule has 0 radical (unpaired) electrons. The summed E-state index contributed by atoms with van der Waals surface area (Å²) in [4.78, 5) is 17.2. The first-order chi connectivity index (χ1) is 8.18. The van der Waals surface area contributed by atoms with Gasteiger partial charge in [-0.25, -0.2) is 4.98 Å². The van der Waals surface area contributed by atoms with Crippen LogP contribution in [-0.2, 0) is 6.54 Å². The largest absolute Gasteiger partial charge is 0.336 e. The predicted octanol–water partition coefficient (Wildman–Crippen LogP) is 1.60. The van der Waals surface area contributed by atoms with Crippen LogP contribution in [0.1, 0.15) is 16.1 Å². The Morgan fingerprint density at radius 1 is 1.35 bits per heavy atom. The van der Waals surface area contributed by atoms with E-state index in [1.165, 1.54) is 11.2 Å². The van der Waals surface area contributed by atoms with Gasteiger partial charge in [-0.1, -0.05) is 12.1 Å². The SMILES string of the molecule is CN1Cc2c(F)ncn2-c2ccccc2C1=O. The van der Waals surface area contributed by atoms with Gasteiger partial charge < -0.3 is 4.90 Å². The zero-order valence-electron chi connectivity index (χ0n) is 9.22. The van der Waals surface area contributed by atoms with Crippen LogP contribution in [0.25, 0.3) is 5.69 Å². The van der Waals surface area contributed by atoms with Crippen LogP contribution < -0.4 is 0 Å². The number of halogens is 1. The lowest BCUT2D eigenvalue weighted by Crippen LogP contribution is -2.25. The second-order valence-electron chi connectivity index (χ2n) is 4.03. The summed E-state index contributed by atoms with van der Waals surface area (Å²) in [7, 11) is 1.65. The smallest absolute Gasteiger partial charge is 0.256 e. The van der Waals surface area contributed by atoms with Crippen LogP contribution in [0.4, 0.5) is 4.39 Å². The molecule has 3 rings (SSSR count). The summed E-state index contributed by atoms with van der Waals surface area (Å²) in [5, 5.41) is 0. The second-order valence-corrected chi connectivity index (χ2v) is 4.03. The van der Waals surface area contributed by atoms with Gasteiger partial charge in [0.05, 0.1) is 23.5 Å². The molecule has 2 aromatic rings. The van der Waals surface area contributed by atoms with Crippen molar-refractivity contribution >= 4 is 5.91 Å². The highest BCUT2D eigenvalue weighted by atomic mass is 19.1. The fourth-order valence-corrected chi connectivity index (χ4v) is 2.07. The van der Waals surface area contributed by atoms with Gasteiger partial charge in [-0.2, -0.15) is 4.39 Å². The van der Waals surface area contributed by atoms with Gasteiger partial charge in [0.25, 0.3) is 5.91 Å². The summed E-state index contributed by atoms with van der Waals surface area (Å²) in [6.45, 7) is 0.222. The first-order valence-electron chi connectivity index (χ1n) is 5.25. The minimum atomic E-state index is -0.527. The molecule has 1 aliphatic heterocycles. The van der Waals surface area contributed by atoms with E-state index in [1.807, 2.05) is 6.07 Å². The molecule has 0 saturated carbocycles. The van der Waals surface area contributed by atoms with E-state index < -0.39 is 5.95 Å². The van der Waals surface area contributed by atoms with E-state index in [-0.39, 0.29) is 12.5 Å². The third-order valence-electron chi connectivity index (χ3n) is 2.94. The van der Waals surface area contributed by atoms with E-state index in [4.69, 9.17) is 0 Å². The molecule has 0 atom stereocenters. The Labute approximate surface area is 97.3 Å². The summed E-state index contributed by atoms with van der Waals surface area (Å²) in [5.74, 6) is -0.634. The minimum absolute atomic E-state index is 0.108. The molecule has 0 spiro atoms. The van der Waals surface area contributed by atoms with Gasteiger partial charge in [0.15, 0.2) is 0 Å². The summed E-state index contributed by atoms with van der Waals surface area (Å²) < 4.78 is 15.2. The maximum atomic E-state index is 13.5. The molecule has 0 N–H and O–H groups in total. The number of hydrogen-bond acceptors (Lipinski definition) is 2. The van der Waals surface area contributed by atoms with Gasteiger partial charge in [-0.05, 0) is 12.1 Å². The number of nitrogens with zero attached hydrogens (tertiary/aromatic N) is 3. The topological polar surface area (TPSA) is 38.1 Å². The number of amides is 1. The minimum Gasteiger partial charge on any atom is -0.336 e. The highest BCUT2D eigenvalue weighted by Gasteiger charge is 2.25. The van der Waals surface area contributed by atoms with Crippen LogP contribution in [0.3, 0.4) is 0 Å². The van der Waals surface area contributed by atoms with Crippen LogP contribution >= 0.6 is 0 Å². The molecule has 86 valence electrons. The number of rotatable bonds is 0. The van der Waals surface area contributed by atoms with Crippen LogP contribution in [0, 0.1) is 5.95 Å². The second kappa shape index (κ2) is 3.41. The summed E-state index contributed by atoms with van der Waals surface area (Å²) >= 11 is 0. The Balaban J connectivity index is 2.33. The van der Waals surface area contributed by atoms with Crippen molar-refractivity contribution in [2.75, 3.05) is 7.05 Å². The Hall–Kier alpha value is -2.17. The van der Waals surface area contributed by atoms with E-state index in [0.717, 1.165) is 0 Å². The van der Waals surface area contributed by atoms with Crippen LogP contribution in [0.15, 0.2) is 30.6 Å². The maximum Gasteiger partial charge on any atom is 0.256 e. The number of aromatic nitrogens is 2. The average molecular weight is 231 g/mol. The van der Waals surface area contributed by atoms with E-state index in [0.29, 0.717) is 16.9 Å². The van der Waals surface area contributed by atoms with E-state index in [2.05, 4.69) is 4.98 Å². The molecule has 0 aliphatic carbocycles. The van der Waals surface area contributed by atoms with E-state index >= 15 is 0 Å². The maximum absolute atomic E-state index is 13.5. The van der Waals surface area contributed by atoms with Crippen LogP contribution in [0.2, 0.25) is 0 Å². The number of fused-ring (bicyclic) bond motifs is 3. The van der Waals surface area contributed by atoms with Crippen molar-refractivity contribution < 1.29 is 9.18 Å². The van der Waals surface area contributed by atoms with Gasteiger partial charge >= 0.3 is 0 Å². The van der Waals surface area contributed by atoms with Crippen molar-refractivity contribution in [3.8, 4) is 5.69 Å².